The van der Waals surface area contributed by atoms with E-state index in [0.29, 0.717) is 0 Å². The van der Waals surface area contributed by atoms with Crippen molar-refractivity contribution in [3.63, 3.8) is 0 Å². The lowest BCUT2D eigenvalue weighted by atomic mass is 9.76. The van der Waals surface area contributed by atoms with Gasteiger partial charge in [-0.05, 0) is 164 Å². The molecule has 432 valence electrons. The van der Waals surface area contributed by atoms with Gasteiger partial charge in [0.05, 0.1) is 0 Å². The zero-order valence-electron chi connectivity index (χ0n) is 56.0. The molecule has 2 nitrogen and oxygen atoms in total. The van der Waals surface area contributed by atoms with Gasteiger partial charge in [0.15, 0.2) is 0 Å². The molecule has 0 bridgehead atoms. The van der Waals surface area contributed by atoms with Crippen molar-refractivity contribution in [1.82, 2.24) is 0 Å². The van der Waals surface area contributed by atoms with Gasteiger partial charge >= 0.3 is 0 Å². The van der Waals surface area contributed by atoms with Crippen LogP contribution in [0.3, 0.4) is 0 Å². The predicted molar refractivity (Wildman–Crippen MR) is 358 cm³/mol. The minimum Gasteiger partial charge on any atom is -0.398 e. The summed E-state index contributed by atoms with van der Waals surface area (Å²) in [6.45, 7) is 73.1. The van der Waals surface area contributed by atoms with Gasteiger partial charge in [-0.15, -0.1) is 0 Å². The predicted octanol–water partition coefficient (Wildman–Crippen LogP) is 22.0. The van der Waals surface area contributed by atoms with E-state index in [1.165, 1.54) is 72.3 Å². The molecule has 0 unspecified atom stereocenters. The largest absolute Gasteiger partial charge is 0.398 e. The fraction of sp³-hybridized carbons (Fsp3) is 0.487. The Balaban J connectivity index is 0.000000294. The lowest BCUT2D eigenvalue weighted by molar-refractivity contribution is 0.565. The van der Waals surface area contributed by atoms with Crippen LogP contribution >= 0.6 is 0 Å². The first-order valence-electron chi connectivity index (χ1n) is 29.8. The average molecular weight is 1080 g/mol. The van der Waals surface area contributed by atoms with Gasteiger partial charge in [-0.25, -0.2) is 0 Å². The van der Waals surface area contributed by atoms with Gasteiger partial charge in [0, 0.05) is 34.3 Å². The van der Waals surface area contributed by atoms with E-state index < -0.39 is 0 Å². The topological polar surface area (TPSA) is 52.0 Å². The Bertz CT molecular complexity index is 2910. The second-order valence-corrected chi connectivity index (χ2v) is 32.3. The highest BCUT2D eigenvalue weighted by atomic mass is 14.6. The Kier molecular flexibility index (Phi) is 18.4. The molecule has 0 aliphatic rings. The SMILES string of the molecule is C=C(c1cc(C(C)(C)C)cc(C(C)(C)C)c1)c1cc(C)cc(C(=C)c2cc(C(C)(C)C)cc(C(C)(C)C)c2)c1N.Cc1cc([C@H](C)c2cc(C(C)(C)C)cc(C(C)(C)C)c2)c(N)c([C@H](C)c2cc(C(C)(C)C)cc(C(C)(C)C)c2)c1. The van der Waals surface area contributed by atoms with Gasteiger partial charge < -0.3 is 11.5 Å². The zero-order valence-corrected chi connectivity index (χ0v) is 56.0. The standard InChI is InChI=1S/C39H57N.C39H53N/c2*1-24-16-33(25(2)27-18-29(36(4,5)6)22-30(19-27)37(7,8)9)35(40)34(17-24)26(3)28-20-31(38(10,11)12)23-32(21-28)39(13,14)15/h16-23,25-26H,40H2,1-15H3;16-23H,2-3,40H2,1,4-15H3/t25-,26-;/m1./s1. The van der Waals surface area contributed by atoms with Gasteiger partial charge in [0.25, 0.3) is 0 Å². The molecule has 6 aromatic carbocycles. The molecule has 6 rings (SSSR count). The number of nitrogen functional groups attached to an aromatic ring is 2. The molecule has 0 saturated heterocycles. The van der Waals surface area contributed by atoms with Crippen LogP contribution in [0.15, 0.2) is 110 Å². The van der Waals surface area contributed by atoms with Crippen LogP contribution in [-0.4, -0.2) is 0 Å². The third-order valence-corrected chi connectivity index (χ3v) is 16.7. The molecule has 2 atom stereocenters. The molecule has 0 aliphatic carbocycles. The second kappa shape index (κ2) is 22.6. The third kappa shape index (κ3) is 15.5. The fourth-order valence-corrected chi connectivity index (χ4v) is 10.4. The molecular weight excluding hydrogens is 965 g/mol. The Morgan fingerprint density at radius 3 is 0.713 bits per heavy atom. The molecule has 4 N–H and O–H groups in total. The van der Waals surface area contributed by atoms with Gasteiger partial charge in [0.2, 0.25) is 0 Å². The number of anilines is 2. The summed E-state index contributed by atoms with van der Waals surface area (Å²) >= 11 is 0. The van der Waals surface area contributed by atoms with Gasteiger partial charge in [0.1, 0.15) is 0 Å². The minimum atomic E-state index is 0.0245. The Labute approximate surface area is 490 Å². The molecule has 2 heteroatoms. The van der Waals surface area contributed by atoms with Gasteiger partial charge in [-0.3, -0.25) is 0 Å². The van der Waals surface area contributed by atoms with Crippen LogP contribution in [-0.2, 0) is 43.3 Å². The molecule has 0 fully saturated rings. The van der Waals surface area contributed by atoms with Crippen LogP contribution in [0.2, 0.25) is 0 Å². The van der Waals surface area contributed by atoms with Crippen molar-refractivity contribution in [2.75, 3.05) is 11.5 Å². The maximum atomic E-state index is 7.12. The molecule has 80 heavy (non-hydrogen) atoms. The van der Waals surface area contributed by atoms with Crippen molar-refractivity contribution >= 4 is 22.5 Å². The summed E-state index contributed by atoms with van der Waals surface area (Å²) < 4.78 is 0. The number of hydrogen-bond acceptors (Lipinski definition) is 2. The number of nitrogens with two attached hydrogens (primary N) is 2. The highest BCUT2D eigenvalue weighted by molar-refractivity contribution is 5.93. The summed E-state index contributed by atoms with van der Waals surface area (Å²) in [6, 6.07) is 37.2. The monoisotopic (exact) mass is 1070 g/mol. The van der Waals surface area contributed by atoms with E-state index in [-0.39, 0.29) is 55.2 Å². The summed E-state index contributed by atoms with van der Waals surface area (Å²) in [6.07, 6.45) is 0. The number of hydrogen-bond donors (Lipinski definition) is 2. The van der Waals surface area contributed by atoms with Crippen molar-refractivity contribution in [1.29, 1.82) is 0 Å². The highest BCUT2D eigenvalue weighted by Crippen LogP contribution is 2.44. The molecule has 0 spiro atoms. The number of benzene rings is 6. The third-order valence-electron chi connectivity index (χ3n) is 16.7. The van der Waals surface area contributed by atoms with Gasteiger partial charge in [-0.1, -0.05) is 284 Å². The normalized spacial score (nSPS) is 13.8. The van der Waals surface area contributed by atoms with E-state index in [9.17, 15) is 0 Å². The minimum absolute atomic E-state index is 0.0245. The number of rotatable bonds is 8. The average Bonchev–Trinajstić information content (AvgIpc) is 3.31. The quantitative estimate of drug-likeness (QED) is 0.149. The molecule has 0 heterocycles. The number of aryl methyl sites for hydroxylation is 2. The summed E-state index contributed by atoms with van der Waals surface area (Å²) in [7, 11) is 0. The molecule has 0 amide bonds. The molecule has 0 radical (unpaired) electrons. The van der Waals surface area contributed by atoms with Crippen molar-refractivity contribution in [3.8, 4) is 0 Å². The summed E-state index contributed by atoms with van der Waals surface area (Å²) in [5, 5.41) is 0. The lowest BCUT2D eigenvalue weighted by Crippen LogP contribution is -2.18. The lowest BCUT2D eigenvalue weighted by Gasteiger charge is -2.29. The fourth-order valence-electron chi connectivity index (χ4n) is 10.4. The van der Waals surface area contributed by atoms with E-state index in [2.05, 4.69) is 304 Å². The molecule has 0 saturated carbocycles. The highest BCUT2D eigenvalue weighted by Gasteiger charge is 2.29. The van der Waals surface area contributed by atoms with E-state index in [4.69, 9.17) is 11.5 Å². The van der Waals surface area contributed by atoms with Crippen molar-refractivity contribution in [2.45, 2.75) is 249 Å². The van der Waals surface area contributed by atoms with E-state index >= 15 is 0 Å². The van der Waals surface area contributed by atoms with Crippen molar-refractivity contribution in [3.05, 3.63) is 210 Å². The van der Waals surface area contributed by atoms with Crippen LogP contribution in [0.5, 0.6) is 0 Å². The van der Waals surface area contributed by atoms with Crippen molar-refractivity contribution in [2.24, 2.45) is 0 Å². The first-order chi connectivity index (χ1) is 36.0. The molecule has 0 aliphatic heterocycles. The van der Waals surface area contributed by atoms with Crippen LogP contribution in [0.1, 0.15) is 292 Å². The first kappa shape index (κ1) is 65.2. The maximum absolute atomic E-state index is 7.12. The molecular formula is C78H110N2. The Morgan fingerprint density at radius 1 is 0.300 bits per heavy atom. The molecule has 6 aromatic rings. The van der Waals surface area contributed by atoms with E-state index in [1.807, 2.05) is 0 Å². The summed E-state index contributed by atoms with van der Waals surface area (Å²) in [4.78, 5) is 0. The molecule has 0 aromatic heterocycles. The van der Waals surface area contributed by atoms with E-state index in [0.717, 1.165) is 50.3 Å². The van der Waals surface area contributed by atoms with Crippen molar-refractivity contribution < 1.29 is 0 Å². The zero-order chi connectivity index (χ0) is 61.2. The van der Waals surface area contributed by atoms with Crippen LogP contribution < -0.4 is 11.5 Å². The van der Waals surface area contributed by atoms with Crippen LogP contribution in [0.4, 0.5) is 11.4 Å². The van der Waals surface area contributed by atoms with Crippen LogP contribution in [0.25, 0.3) is 11.1 Å². The Morgan fingerprint density at radius 2 is 0.500 bits per heavy atom. The smallest absolute Gasteiger partial charge is 0.0473 e. The first-order valence-corrected chi connectivity index (χ1v) is 29.8. The van der Waals surface area contributed by atoms with Crippen LogP contribution in [0, 0.1) is 13.8 Å². The summed E-state index contributed by atoms with van der Waals surface area (Å²) in [5.74, 6) is 0.389. The Hall–Kier alpha value is -5.60. The van der Waals surface area contributed by atoms with E-state index in [1.54, 1.807) is 0 Å². The summed E-state index contributed by atoms with van der Waals surface area (Å²) in [5.41, 5.74) is 40.6. The second-order valence-electron chi connectivity index (χ2n) is 32.3. The maximum Gasteiger partial charge on any atom is 0.0473 e. The van der Waals surface area contributed by atoms with Gasteiger partial charge in [-0.2, -0.15) is 0 Å².